The lowest BCUT2D eigenvalue weighted by molar-refractivity contribution is -0.0628. The fourth-order valence-electron chi connectivity index (χ4n) is 1.44. The van der Waals surface area contributed by atoms with Crippen LogP contribution in [-0.2, 0) is 11.3 Å². The molecule has 0 saturated heterocycles. The Hall–Kier alpha value is -0.610. The zero-order valence-corrected chi connectivity index (χ0v) is 10.6. The predicted molar refractivity (Wildman–Crippen MR) is 63.6 cm³/mol. The molecule has 1 unspecified atom stereocenters. The smallest absolute Gasteiger partial charge is 0.197 e. The average molecular weight is 229 g/mol. The van der Waals surface area contributed by atoms with Crippen molar-refractivity contribution in [3.05, 3.63) is 12.3 Å². The first-order chi connectivity index (χ1) is 7.22. The summed E-state index contributed by atoms with van der Waals surface area (Å²) in [5.74, 6) is 0.908. The molecule has 0 aliphatic heterocycles. The van der Waals surface area contributed by atoms with Gasteiger partial charge in [0.1, 0.15) is 5.03 Å². The van der Waals surface area contributed by atoms with E-state index in [2.05, 4.69) is 17.7 Å². The van der Waals surface area contributed by atoms with Crippen LogP contribution in [0.3, 0.4) is 0 Å². The van der Waals surface area contributed by atoms with Crippen LogP contribution in [0.2, 0.25) is 0 Å². The first-order valence-corrected chi connectivity index (χ1v) is 6.46. The number of thioether (sulfide) groups is 1. The van der Waals surface area contributed by atoms with Crippen molar-refractivity contribution in [3.63, 3.8) is 0 Å². The molecule has 1 aromatic rings. The van der Waals surface area contributed by atoms with Gasteiger partial charge in [-0.15, -0.1) is 11.8 Å². The second kappa shape index (κ2) is 6.08. The molecule has 0 N–H and O–H groups in total. The number of aromatic nitrogens is 1. The summed E-state index contributed by atoms with van der Waals surface area (Å²) in [6.07, 6.45) is 3.91. The molecule has 0 spiro atoms. The van der Waals surface area contributed by atoms with Gasteiger partial charge in [0.05, 0.1) is 0 Å². The fourth-order valence-corrected chi connectivity index (χ4v) is 2.18. The number of nitrogens with zero attached hydrogens (tertiary/aromatic N) is 1. The second-order valence-corrected chi connectivity index (χ2v) is 3.91. The molecule has 0 amide bonds. The summed E-state index contributed by atoms with van der Waals surface area (Å²) in [4.78, 5) is 0. The molecular weight excluding hydrogens is 210 g/mol. The van der Waals surface area contributed by atoms with E-state index in [1.165, 1.54) is 0 Å². The lowest BCUT2D eigenvalue weighted by atomic mass is 10.6. The number of aryl methyl sites for hydroxylation is 1. The normalized spacial score (nSPS) is 12.8. The highest BCUT2D eigenvalue weighted by Gasteiger charge is 2.11. The molecule has 86 valence electrons. The number of hydrogen-bond acceptors (Lipinski definition) is 3. The number of ether oxygens (including phenoxy) is 2. The molecule has 3 nitrogen and oxygen atoms in total. The molecule has 1 heterocycles. The Bertz CT molecular complexity index is 299. The van der Waals surface area contributed by atoms with Crippen molar-refractivity contribution in [1.82, 2.24) is 4.57 Å². The van der Waals surface area contributed by atoms with Crippen molar-refractivity contribution >= 4 is 11.8 Å². The Balaban J connectivity index is 2.71. The SMILES string of the molecule is CCOC(C)Oc1ccn(CC)c1SC. The maximum absolute atomic E-state index is 5.70. The summed E-state index contributed by atoms with van der Waals surface area (Å²) in [7, 11) is 0. The molecule has 1 aromatic heterocycles. The first-order valence-electron chi connectivity index (χ1n) is 5.24. The van der Waals surface area contributed by atoms with Crippen molar-refractivity contribution in [3.8, 4) is 5.75 Å². The van der Waals surface area contributed by atoms with E-state index in [1.54, 1.807) is 11.8 Å². The van der Waals surface area contributed by atoms with Crippen molar-refractivity contribution in [2.75, 3.05) is 12.9 Å². The van der Waals surface area contributed by atoms with E-state index in [-0.39, 0.29) is 6.29 Å². The fraction of sp³-hybridized carbons (Fsp3) is 0.636. The molecule has 0 radical (unpaired) electrons. The monoisotopic (exact) mass is 229 g/mol. The summed E-state index contributed by atoms with van der Waals surface area (Å²) < 4.78 is 13.2. The molecule has 1 atom stereocenters. The van der Waals surface area contributed by atoms with Gasteiger partial charge in [-0.2, -0.15) is 0 Å². The van der Waals surface area contributed by atoms with Crippen LogP contribution in [0.25, 0.3) is 0 Å². The molecule has 0 aliphatic carbocycles. The summed E-state index contributed by atoms with van der Waals surface area (Å²) in [6, 6.07) is 1.99. The molecular formula is C11H19NO2S. The van der Waals surface area contributed by atoms with Crippen molar-refractivity contribution in [2.24, 2.45) is 0 Å². The van der Waals surface area contributed by atoms with Gasteiger partial charge in [-0.1, -0.05) is 0 Å². The molecule has 0 fully saturated rings. The van der Waals surface area contributed by atoms with Crippen LogP contribution in [-0.4, -0.2) is 23.7 Å². The number of hydrogen-bond donors (Lipinski definition) is 0. The highest BCUT2D eigenvalue weighted by atomic mass is 32.2. The van der Waals surface area contributed by atoms with E-state index < -0.39 is 0 Å². The Morgan fingerprint density at radius 1 is 1.47 bits per heavy atom. The Labute approximate surface area is 95.8 Å². The van der Waals surface area contributed by atoms with Crippen molar-refractivity contribution < 1.29 is 9.47 Å². The quantitative estimate of drug-likeness (QED) is 0.553. The third-order valence-electron chi connectivity index (χ3n) is 2.11. The molecule has 0 saturated carbocycles. The van der Waals surface area contributed by atoms with Crippen LogP contribution in [0.4, 0.5) is 0 Å². The van der Waals surface area contributed by atoms with Crippen LogP contribution in [0.5, 0.6) is 5.75 Å². The molecule has 0 aromatic carbocycles. The third-order valence-corrected chi connectivity index (χ3v) is 2.93. The molecule has 1 rings (SSSR count). The Kier molecular flexibility index (Phi) is 5.05. The molecule has 0 aliphatic rings. The maximum atomic E-state index is 5.70. The maximum Gasteiger partial charge on any atom is 0.197 e. The van der Waals surface area contributed by atoms with E-state index in [1.807, 2.05) is 26.1 Å². The van der Waals surface area contributed by atoms with Gasteiger partial charge >= 0.3 is 0 Å². The van der Waals surface area contributed by atoms with Crippen molar-refractivity contribution in [1.29, 1.82) is 0 Å². The van der Waals surface area contributed by atoms with Gasteiger partial charge in [0.25, 0.3) is 0 Å². The van der Waals surface area contributed by atoms with E-state index in [4.69, 9.17) is 9.47 Å². The average Bonchev–Trinajstić information content (AvgIpc) is 2.60. The van der Waals surface area contributed by atoms with Gasteiger partial charge in [-0.05, 0) is 33.1 Å². The summed E-state index contributed by atoms with van der Waals surface area (Å²) >= 11 is 1.70. The largest absolute Gasteiger partial charge is 0.462 e. The zero-order chi connectivity index (χ0) is 11.3. The highest BCUT2D eigenvalue weighted by molar-refractivity contribution is 7.98. The van der Waals surface area contributed by atoms with Gasteiger partial charge in [0.2, 0.25) is 0 Å². The van der Waals surface area contributed by atoms with Crippen LogP contribution >= 0.6 is 11.8 Å². The summed E-state index contributed by atoms with van der Waals surface area (Å²) in [5.41, 5.74) is 0. The van der Waals surface area contributed by atoms with E-state index in [9.17, 15) is 0 Å². The van der Waals surface area contributed by atoms with Crippen molar-refractivity contribution in [2.45, 2.75) is 38.6 Å². The van der Waals surface area contributed by atoms with E-state index in [0.717, 1.165) is 17.3 Å². The third kappa shape index (κ3) is 3.18. The minimum absolute atomic E-state index is 0.186. The predicted octanol–water partition coefficient (Wildman–Crippen LogP) is 2.99. The van der Waals surface area contributed by atoms with Crippen LogP contribution in [0.1, 0.15) is 20.8 Å². The van der Waals surface area contributed by atoms with E-state index >= 15 is 0 Å². The number of rotatable bonds is 6. The van der Waals surface area contributed by atoms with Gasteiger partial charge in [-0.25, -0.2) is 0 Å². The van der Waals surface area contributed by atoms with Crippen LogP contribution in [0.15, 0.2) is 17.3 Å². The second-order valence-electron chi connectivity index (χ2n) is 3.12. The van der Waals surface area contributed by atoms with Gasteiger partial charge < -0.3 is 14.0 Å². The Morgan fingerprint density at radius 2 is 2.20 bits per heavy atom. The lowest BCUT2D eigenvalue weighted by Crippen LogP contribution is -2.16. The molecule has 15 heavy (non-hydrogen) atoms. The first kappa shape index (κ1) is 12.5. The standard InChI is InChI=1S/C11H19NO2S/c1-5-12-8-7-10(11(12)15-4)14-9(3)13-6-2/h7-9H,5-6H2,1-4H3. The van der Waals surface area contributed by atoms with Gasteiger partial charge in [-0.3, -0.25) is 0 Å². The molecule has 0 bridgehead atoms. The Morgan fingerprint density at radius 3 is 2.73 bits per heavy atom. The lowest BCUT2D eigenvalue weighted by Gasteiger charge is -2.14. The topological polar surface area (TPSA) is 23.4 Å². The molecule has 4 heteroatoms. The minimum Gasteiger partial charge on any atom is -0.462 e. The van der Waals surface area contributed by atoms with Crippen LogP contribution in [0, 0.1) is 0 Å². The minimum atomic E-state index is -0.186. The van der Waals surface area contributed by atoms with Crippen LogP contribution < -0.4 is 4.74 Å². The zero-order valence-electron chi connectivity index (χ0n) is 9.82. The summed E-state index contributed by atoms with van der Waals surface area (Å²) in [5, 5.41) is 1.16. The highest BCUT2D eigenvalue weighted by Crippen LogP contribution is 2.29. The summed E-state index contributed by atoms with van der Waals surface area (Å²) in [6.45, 7) is 7.63. The van der Waals surface area contributed by atoms with Gasteiger partial charge in [0.15, 0.2) is 12.0 Å². The van der Waals surface area contributed by atoms with Gasteiger partial charge in [0, 0.05) is 19.3 Å². The van der Waals surface area contributed by atoms with E-state index in [0.29, 0.717) is 6.61 Å².